The lowest BCUT2D eigenvalue weighted by molar-refractivity contribution is -0.114. The van der Waals surface area contributed by atoms with E-state index < -0.39 is 27.9 Å². The van der Waals surface area contributed by atoms with E-state index in [0.29, 0.717) is 9.90 Å². The Hall–Kier alpha value is -1.94. The van der Waals surface area contributed by atoms with Crippen molar-refractivity contribution in [3.8, 4) is 0 Å². The maximum Gasteiger partial charge on any atom is 0.275 e. The predicted molar refractivity (Wildman–Crippen MR) is 107 cm³/mol. The van der Waals surface area contributed by atoms with Crippen LogP contribution >= 0.6 is 22.9 Å². The second-order valence-electron chi connectivity index (χ2n) is 6.30. The molecule has 6 nitrogen and oxygen atoms in total. The van der Waals surface area contributed by atoms with E-state index in [9.17, 15) is 22.7 Å². The number of aliphatic hydroxyl groups excluding tert-OH is 1. The molecule has 1 aromatic carbocycles. The number of nitrogens with one attached hydrogen (secondary N) is 1. The number of thiophene rings is 1. The summed E-state index contributed by atoms with van der Waals surface area (Å²) in [6, 6.07) is 7.51. The molecule has 0 spiro atoms. The molecule has 2 heterocycles. The lowest BCUT2D eigenvalue weighted by Gasteiger charge is -2.19. The van der Waals surface area contributed by atoms with Crippen LogP contribution in [-0.2, 0) is 21.2 Å². The molecule has 0 fully saturated rings. The standard InChI is InChI=1S/C18H18ClFN2O4S2/c1-11(23)12-2-4-16(14(20)10-12)22-8-6-15(18(22)24)21-28(25,26)9-7-13-3-5-17(19)27-13/h2-6,10-11,21,23H,7-9H2,1H3. The minimum atomic E-state index is -3.75. The Bertz CT molecular complexity index is 1030. The molecule has 0 aliphatic carbocycles. The first-order chi connectivity index (χ1) is 13.2. The minimum absolute atomic E-state index is 0.0214. The fourth-order valence-electron chi connectivity index (χ4n) is 2.73. The number of rotatable bonds is 7. The van der Waals surface area contributed by atoms with Gasteiger partial charge in [-0.25, -0.2) is 12.8 Å². The van der Waals surface area contributed by atoms with Gasteiger partial charge in [0, 0.05) is 11.4 Å². The molecule has 0 radical (unpaired) electrons. The SMILES string of the molecule is CC(O)c1ccc(N2CC=C(NS(=O)(=O)CCc3ccc(Cl)s3)C2=O)c(F)c1. The van der Waals surface area contributed by atoms with Crippen molar-refractivity contribution in [1.82, 2.24) is 4.72 Å². The van der Waals surface area contributed by atoms with Gasteiger partial charge in [0.2, 0.25) is 10.0 Å². The molecule has 28 heavy (non-hydrogen) atoms. The van der Waals surface area contributed by atoms with Crippen LogP contribution in [0, 0.1) is 5.82 Å². The van der Waals surface area contributed by atoms with Crippen molar-refractivity contribution in [1.29, 1.82) is 0 Å². The molecule has 0 saturated carbocycles. The van der Waals surface area contributed by atoms with Gasteiger partial charge in [-0.3, -0.25) is 9.52 Å². The van der Waals surface area contributed by atoms with Gasteiger partial charge >= 0.3 is 0 Å². The maximum absolute atomic E-state index is 14.3. The van der Waals surface area contributed by atoms with Gasteiger partial charge in [0.05, 0.1) is 21.9 Å². The lowest BCUT2D eigenvalue weighted by Crippen LogP contribution is -2.34. The maximum atomic E-state index is 14.3. The number of anilines is 1. The molecule has 10 heteroatoms. The zero-order valence-electron chi connectivity index (χ0n) is 14.9. The smallest absolute Gasteiger partial charge is 0.275 e. The van der Waals surface area contributed by atoms with Crippen LogP contribution < -0.4 is 9.62 Å². The second kappa shape index (κ2) is 8.20. The molecule has 1 aliphatic rings. The van der Waals surface area contributed by atoms with Gasteiger partial charge in [-0.2, -0.15) is 0 Å². The topological polar surface area (TPSA) is 86.7 Å². The van der Waals surface area contributed by atoms with Gasteiger partial charge in [-0.05, 0) is 49.2 Å². The average Bonchev–Trinajstić information content (AvgIpc) is 3.19. The van der Waals surface area contributed by atoms with E-state index in [4.69, 9.17) is 11.6 Å². The van der Waals surface area contributed by atoms with E-state index in [2.05, 4.69) is 4.72 Å². The van der Waals surface area contributed by atoms with Crippen molar-refractivity contribution < 1.29 is 22.7 Å². The van der Waals surface area contributed by atoms with Crippen molar-refractivity contribution >= 4 is 44.6 Å². The lowest BCUT2D eigenvalue weighted by atomic mass is 10.1. The highest BCUT2D eigenvalue weighted by atomic mass is 35.5. The molecule has 1 aliphatic heterocycles. The van der Waals surface area contributed by atoms with E-state index in [0.717, 1.165) is 15.8 Å². The summed E-state index contributed by atoms with van der Waals surface area (Å²) >= 11 is 7.13. The molecule has 150 valence electrons. The van der Waals surface area contributed by atoms with Crippen LogP contribution in [0.2, 0.25) is 4.34 Å². The van der Waals surface area contributed by atoms with Gasteiger partial charge in [0.1, 0.15) is 11.5 Å². The van der Waals surface area contributed by atoms with Crippen LogP contribution in [0.25, 0.3) is 0 Å². The van der Waals surface area contributed by atoms with Crippen LogP contribution in [-0.4, -0.2) is 31.7 Å². The van der Waals surface area contributed by atoms with Crippen LogP contribution in [0.5, 0.6) is 0 Å². The van der Waals surface area contributed by atoms with Crippen LogP contribution in [0.3, 0.4) is 0 Å². The van der Waals surface area contributed by atoms with Crippen LogP contribution in [0.4, 0.5) is 10.1 Å². The summed E-state index contributed by atoms with van der Waals surface area (Å²) < 4.78 is 41.8. The molecular formula is C18H18ClFN2O4S2. The van der Waals surface area contributed by atoms with Gasteiger partial charge in [0.15, 0.2) is 0 Å². The van der Waals surface area contributed by atoms with Crippen molar-refractivity contribution in [2.75, 3.05) is 17.2 Å². The summed E-state index contributed by atoms with van der Waals surface area (Å²) in [4.78, 5) is 14.5. The first-order valence-electron chi connectivity index (χ1n) is 8.40. The summed E-state index contributed by atoms with van der Waals surface area (Å²) in [5.74, 6) is -1.50. The molecular weight excluding hydrogens is 427 g/mol. The predicted octanol–water partition coefficient (Wildman–Crippen LogP) is 2.99. The molecule has 2 aromatic rings. The molecule has 2 N–H and O–H groups in total. The Morgan fingerprint density at radius 2 is 2.11 bits per heavy atom. The van der Waals surface area contributed by atoms with Crippen molar-refractivity contribution in [2.45, 2.75) is 19.4 Å². The van der Waals surface area contributed by atoms with E-state index in [1.807, 2.05) is 0 Å². The third-order valence-corrected chi connectivity index (χ3v) is 6.77. The Balaban J connectivity index is 1.66. The summed E-state index contributed by atoms with van der Waals surface area (Å²) in [6.45, 7) is 1.55. The number of hydrogen-bond donors (Lipinski definition) is 2. The zero-order chi connectivity index (χ0) is 20.5. The number of nitrogens with zero attached hydrogens (tertiary/aromatic N) is 1. The molecule has 3 rings (SSSR count). The first kappa shape index (κ1) is 20.8. The average molecular weight is 445 g/mol. The van der Waals surface area contributed by atoms with Crippen molar-refractivity contribution in [3.63, 3.8) is 0 Å². The zero-order valence-corrected chi connectivity index (χ0v) is 17.2. The van der Waals surface area contributed by atoms with Gasteiger partial charge in [0.25, 0.3) is 5.91 Å². The van der Waals surface area contributed by atoms with Gasteiger partial charge in [-0.1, -0.05) is 17.7 Å². The molecule has 0 bridgehead atoms. The van der Waals surface area contributed by atoms with E-state index in [-0.39, 0.29) is 30.1 Å². The van der Waals surface area contributed by atoms with E-state index in [1.54, 1.807) is 12.1 Å². The molecule has 0 saturated heterocycles. The minimum Gasteiger partial charge on any atom is -0.389 e. The number of halogens is 2. The molecule has 1 amide bonds. The van der Waals surface area contributed by atoms with Gasteiger partial charge < -0.3 is 10.0 Å². The highest BCUT2D eigenvalue weighted by Gasteiger charge is 2.30. The van der Waals surface area contributed by atoms with Crippen LogP contribution in [0.1, 0.15) is 23.5 Å². The van der Waals surface area contributed by atoms with Crippen molar-refractivity contribution in [3.05, 3.63) is 62.7 Å². The quantitative estimate of drug-likeness (QED) is 0.687. The number of carbonyl (C=O) groups is 1. The summed E-state index contributed by atoms with van der Waals surface area (Å²) in [6.07, 6.45) is 0.841. The highest BCUT2D eigenvalue weighted by Crippen LogP contribution is 2.27. The summed E-state index contributed by atoms with van der Waals surface area (Å²) in [5, 5.41) is 9.52. The first-order valence-corrected chi connectivity index (χ1v) is 11.3. The van der Waals surface area contributed by atoms with Gasteiger partial charge in [-0.15, -0.1) is 11.3 Å². The molecule has 1 aromatic heterocycles. The summed E-state index contributed by atoms with van der Waals surface area (Å²) in [7, 11) is -3.75. The largest absolute Gasteiger partial charge is 0.389 e. The number of benzene rings is 1. The number of aliphatic hydroxyl groups is 1. The molecule has 1 atom stereocenters. The van der Waals surface area contributed by atoms with Crippen LogP contribution in [0.15, 0.2) is 42.1 Å². The van der Waals surface area contributed by atoms with E-state index >= 15 is 0 Å². The normalized spacial score (nSPS) is 15.6. The van der Waals surface area contributed by atoms with Crippen molar-refractivity contribution in [2.24, 2.45) is 0 Å². The van der Waals surface area contributed by atoms with E-state index in [1.165, 1.54) is 36.5 Å². The number of hydrogen-bond acceptors (Lipinski definition) is 5. The third kappa shape index (κ3) is 4.72. The fraction of sp³-hybridized carbons (Fsp3) is 0.278. The highest BCUT2D eigenvalue weighted by molar-refractivity contribution is 7.89. The Morgan fingerprint density at radius 3 is 2.71 bits per heavy atom. The fourth-order valence-corrected chi connectivity index (χ4v) is 5.05. The third-order valence-electron chi connectivity index (χ3n) is 4.21. The number of aryl methyl sites for hydroxylation is 1. The summed E-state index contributed by atoms with van der Waals surface area (Å²) in [5.41, 5.74) is 0.298. The number of amides is 1. The number of sulfonamides is 1. The monoisotopic (exact) mass is 444 g/mol. The number of carbonyl (C=O) groups excluding carboxylic acids is 1. The Morgan fingerprint density at radius 1 is 1.36 bits per heavy atom. The second-order valence-corrected chi connectivity index (χ2v) is 9.94. The molecule has 1 unspecified atom stereocenters. The Kier molecular flexibility index (Phi) is 6.09. The Labute approximate surface area is 171 Å².